The molecule has 3 rings (SSSR count). The first-order chi connectivity index (χ1) is 11.3. The molecule has 2 unspecified atom stereocenters. The molecule has 0 amide bonds. The van der Waals surface area contributed by atoms with Gasteiger partial charge in [0.05, 0.1) is 12.6 Å². The number of aliphatic imine (C=N–C) groups is 1. The van der Waals surface area contributed by atoms with Crippen molar-refractivity contribution in [3.8, 4) is 0 Å². The molecule has 0 aromatic carbocycles. The Balaban J connectivity index is 1.46. The summed E-state index contributed by atoms with van der Waals surface area (Å²) in [4.78, 5) is 7.47. The third-order valence-electron chi connectivity index (χ3n) is 5.47. The molecule has 2 N–H and O–H groups in total. The Labute approximate surface area is 141 Å². The van der Waals surface area contributed by atoms with Crippen LogP contribution in [0.3, 0.4) is 0 Å². The van der Waals surface area contributed by atoms with Crippen LogP contribution in [0.15, 0.2) is 4.99 Å². The van der Waals surface area contributed by atoms with Crippen LogP contribution in [0.2, 0.25) is 0 Å². The normalized spacial score (nSPS) is 30.7. The van der Waals surface area contributed by atoms with Crippen LogP contribution in [0, 0.1) is 0 Å². The van der Waals surface area contributed by atoms with Crippen LogP contribution in [0.4, 0.5) is 0 Å². The predicted molar refractivity (Wildman–Crippen MR) is 94.9 cm³/mol. The molecular weight excluding hydrogens is 288 g/mol. The largest absolute Gasteiger partial charge is 0.376 e. The number of guanidine groups is 1. The van der Waals surface area contributed by atoms with Crippen molar-refractivity contribution in [2.75, 3.05) is 32.8 Å². The molecule has 132 valence electrons. The lowest BCUT2D eigenvalue weighted by Crippen LogP contribution is -2.45. The van der Waals surface area contributed by atoms with Crippen molar-refractivity contribution in [3.05, 3.63) is 0 Å². The van der Waals surface area contributed by atoms with Crippen LogP contribution < -0.4 is 10.6 Å². The summed E-state index contributed by atoms with van der Waals surface area (Å²) in [5.41, 5.74) is 0. The lowest BCUT2D eigenvalue weighted by atomic mass is 10.1. The maximum Gasteiger partial charge on any atom is 0.191 e. The predicted octanol–water partition coefficient (Wildman–Crippen LogP) is 2.13. The van der Waals surface area contributed by atoms with Gasteiger partial charge < -0.3 is 15.4 Å². The van der Waals surface area contributed by atoms with Gasteiger partial charge in [-0.15, -0.1) is 0 Å². The first-order valence-electron chi connectivity index (χ1n) is 9.75. The van der Waals surface area contributed by atoms with Gasteiger partial charge in [0.1, 0.15) is 0 Å². The van der Waals surface area contributed by atoms with Gasteiger partial charge in [0.2, 0.25) is 0 Å². The number of hydrogen-bond donors (Lipinski definition) is 2. The molecule has 0 radical (unpaired) electrons. The second-order valence-corrected chi connectivity index (χ2v) is 7.27. The molecule has 0 spiro atoms. The lowest BCUT2D eigenvalue weighted by Gasteiger charge is -2.24. The molecule has 2 aliphatic heterocycles. The highest BCUT2D eigenvalue weighted by Crippen LogP contribution is 2.26. The van der Waals surface area contributed by atoms with E-state index >= 15 is 0 Å². The molecule has 0 aromatic heterocycles. The summed E-state index contributed by atoms with van der Waals surface area (Å²) in [7, 11) is 0. The first-order valence-corrected chi connectivity index (χ1v) is 9.75. The van der Waals surface area contributed by atoms with Gasteiger partial charge in [-0.05, 0) is 45.4 Å². The molecule has 3 aliphatic rings. The maximum atomic E-state index is 5.79. The second kappa shape index (κ2) is 8.88. The van der Waals surface area contributed by atoms with Gasteiger partial charge in [0, 0.05) is 38.3 Å². The van der Waals surface area contributed by atoms with E-state index in [1.165, 1.54) is 58.0 Å². The minimum Gasteiger partial charge on any atom is -0.376 e. The number of nitrogens with zero attached hydrogens (tertiary/aromatic N) is 2. The molecule has 0 aromatic rings. The molecule has 0 bridgehead atoms. The summed E-state index contributed by atoms with van der Waals surface area (Å²) in [6, 6.07) is 1.39. The first kappa shape index (κ1) is 17.0. The van der Waals surface area contributed by atoms with E-state index in [-0.39, 0.29) is 0 Å². The molecule has 5 nitrogen and oxygen atoms in total. The molecule has 2 heterocycles. The van der Waals surface area contributed by atoms with Crippen LogP contribution >= 0.6 is 0 Å². The Kier molecular flexibility index (Phi) is 6.57. The van der Waals surface area contributed by atoms with E-state index in [1.54, 1.807) is 0 Å². The fourth-order valence-corrected chi connectivity index (χ4v) is 4.16. The van der Waals surface area contributed by atoms with E-state index in [9.17, 15) is 0 Å². The molecule has 1 saturated carbocycles. The summed E-state index contributed by atoms with van der Waals surface area (Å²) < 4.78 is 5.79. The minimum atomic E-state index is 0.317. The number of likely N-dealkylation sites (tertiary alicyclic amines) is 1. The lowest BCUT2D eigenvalue weighted by molar-refractivity contribution is 0.0224. The minimum absolute atomic E-state index is 0.317. The summed E-state index contributed by atoms with van der Waals surface area (Å²) in [5, 5.41) is 7.05. The van der Waals surface area contributed by atoms with Crippen molar-refractivity contribution < 1.29 is 4.74 Å². The van der Waals surface area contributed by atoms with E-state index in [4.69, 9.17) is 9.73 Å². The van der Waals surface area contributed by atoms with E-state index in [1.807, 2.05) is 0 Å². The van der Waals surface area contributed by atoms with Crippen molar-refractivity contribution in [1.82, 2.24) is 15.5 Å². The van der Waals surface area contributed by atoms with Gasteiger partial charge in [0.25, 0.3) is 0 Å². The standard InChI is InChI=1S/C18H34N4O/c1-2-19-18(20-13-17-9-5-6-12-23-17)21-15-10-11-22(14-15)16-7-3-4-8-16/h15-17H,2-14H2,1H3,(H2,19,20,21). The van der Waals surface area contributed by atoms with Gasteiger partial charge in [-0.3, -0.25) is 9.89 Å². The highest BCUT2D eigenvalue weighted by molar-refractivity contribution is 5.80. The quantitative estimate of drug-likeness (QED) is 0.601. The Morgan fingerprint density at radius 2 is 1.96 bits per heavy atom. The van der Waals surface area contributed by atoms with Crippen molar-refractivity contribution in [1.29, 1.82) is 0 Å². The summed E-state index contributed by atoms with van der Waals surface area (Å²) in [5.74, 6) is 0.972. The molecule has 23 heavy (non-hydrogen) atoms. The Morgan fingerprint density at radius 1 is 1.13 bits per heavy atom. The zero-order valence-electron chi connectivity index (χ0n) is 14.7. The fraction of sp³-hybridized carbons (Fsp3) is 0.944. The average molecular weight is 322 g/mol. The van der Waals surface area contributed by atoms with Gasteiger partial charge in [0.15, 0.2) is 5.96 Å². The number of hydrogen-bond acceptors (Lipinski definition) is 3. The number of rotatable bonds is 5. The van der Waals surface area contributed by atoms with E-state index in [0.29, 0.717) is 12.1 Å². The topological polar surface area (TPSA) is 48.9 Å². The van der Waals surface area contributed by atoms with Crippen molar-refractivity contribution in [3.63, 3.8) is 0 Å². The number of ether oxygens (including phenoxy) is 1. The summed E-state index contributed by atoms with van der Waals surface area (Å²) in [6.07, 6.45) is 10.8. The van der Waals surface area contributed by atoms with Crippen LogP contribution in [0.5, 0.6) is 0 Å². The third-order valence-corrected chi connectivity index (χ3v) is 5.47. The highest BCUT2D eigenvalue weighted by atomic mass is 16.5. The Morgan fingerprint density at radius 3 is 2.70 bits per heavy atom. The van der Waals surface area contributed by atoms with Crippen LogP contribution in [0.1, 0.15) is 58.3 Å². The van der Waals surface area contributed by atoms with Gasteiger partial charge >= 0.3 is 0 Å². The van der Waals surface area contributed by atoms with E-state index in [0.717, 1.165) is 38.1 Å². The zero-order valence-corrected chi connectivity index (χ0v) is 14.7. The van der Waals surface area contributed by atoms with Crippen LogP contribution in [0.25, 0.3) is 0 Å². The van der Waals surface area contributed by atoms with Gasteiger partial charge in [-0.25, -0.2) is 0 Å². The summed E-state index contributed by atoms with van der Waals surface area (Å²) >= 11 is 0. The third kappa shape index (κ3) is 5.08. The Hall–Kier alpha value is -0.810. The average Bonchev–Trinajstić information content (AvgIpc) is 3.25. The maximum absolute atomic E-state index is 5.79. The fourth-order valence-electron chi connectivity index (χ4n) is 4.16. The SMILES string of the molecule is CCNC(=NCC1CCCCO1)NC1CCN(C2CCCC2)C1. The van der Waals surface area contributed by atoms with Crippen LogP contribution in [-0.4, -0.2) is 61.8 Å². The van der Waals surface area contributed by atoms with Crippen molar-refractivity contribution in [2.45, 2.75) is 76.5 Å². The van der Waals surface area contributed by atoms with Gasteiger partial charge in [-0.1, -0.05) is 12.8 Å². The molecule has 1 aliphatic carbocycles. The van der Waals surface area contributed by atoms with Crippen molar-refractivity contribution >= 4 is 5.96 Å². The molecule has 5 heteroatoms. The van der Waals surface area contributed by atoms with E-state index in [2.05, 4.69) is 22.5 Å². The van der Waals surface area contributed by atoms with E-state index < -0.39 is 0 Å². The molecule has 2 atom stereocenters. The molecule has 2 saturated heterocycles. The van der Waals surface area contributed by atoms with Crippen LogP contribution in [-0.2, 0) is 4.74 Å². The van der Waals surface area contributed by atoms with Crippen molar-refractivity contribution in [2.24, 2.45) is 4.99 Å². The Bertz CT molecular complexity index is 375. The summed E-state index contributed by atoms with van der Waals surface area (Å²) in [6.45, 7) is 7.16. The van der Waals surface area contributed by atoms with Gasteiger partial charge in [-0.2, -0.15) is 0 Å². The monoisotopic (exact) mass is 322 g/mol. The highest BCUT2D eigenvalue weighted by Gasteiger charge is 2.30. The molecule has 3 fully saturated rings. The smallest absolute Gasteiger partial charge is 0.191 e. The molecular formula is C18H34N4O. The zero-order chi connectivity index (χ0) is 15.9. The second-order valence-electron chi connectivity index (χ2n) is 7.27. The number of nitrogens with one attached hydrogen (secondary N) is 2.